The Morgan fingerprint density at radius 2 is 2.08 bits per heavy atom. The highest BCUT2D eigenvalue weighted by Gasteiger charge is 2.28. The molecule has 0 bridgehead atoms. The monoisotopic (exact) mass is 351 g/mol. The first-order valence-corrected chi connectivity index (χ1v) is 8.87. The van der Waals surface area contributed by atoms with Crippen molar-refractivity contribution in [3.05, 3.63) is 53.7 Å². The summed E-state index contributed by atoms with van der Waals surface area (Å²) >= 11 is 0. The molecule has 4 rings (SSSR count). The van der Waals surface area contributed by atoms with Crippen LogP contribution in [-0.4, -0.2) is 44.0 Å². The van der Waals surface area contributed by atoms with Crippen LogP contribution >= 0.6 is 0 Å². The van der Waals surface area contributed by atoms with Gasteiger partial charge in [-0.05, 0) is 41.5 Å². The molecule has 0 N–H and O–H groups in total. The number of fused-ring (bicyclic) bond motifs is 1. The van der Waals surface area contributed by atoms with E-state index in [2.05, 4.69) is 15.5 Å². The van der Waals surface area contributed by atoms with Crippen molar-refractivity contribution in [2.24, 2.45) is 0 Å². The van der Waals surface area contributed by atoms with Crippen LogP contribution in [-0.2, 0) is 6.54 Å². The van der Waals surface area contributed by atoms with Gasteiger partial charge in [0.15, 0.2) is 5.65 Å². The van der Waals surface area contributed by atoms with Crippen LogP contribution in [0.5, 0.6) is 5.75 Å². The average molecular weight is 351 g/mol. The predicted octanol–water partition coefficient (Wildman–Crippen LogP) is 2.72. The van der Waals surface area contributed by atoms with Crippen molar-refractivity contribution >= 4 is 11.6 Å². The lowest BCUT2D eigenvalue weighted by Gasteiger charge is -2.30. The molecule has 1 aliphatic rings. The highest BCUT2D eigenvalue weighted by molar-refractivity contribution is 5.95. The fourth-order valence-electron chi connectivity index (χ4n) is 3.64. The van der Waals surface area contributed by atoms with Crippen molar-refractivity contribution in [2.75, 3.05) is 7.11 Å². The Morgan fingerprint density at radius 1 is 1.27 bits per heavy atom. The van der Waals surface area contributed by atoms with Crippen molar-refractivity contribution in [1.29, 1.82) is 0 Å². The van der Waals surface area contributed by atoms with Crippen LogP contribution in [0.1, 0.15) is 41.6 Å². The Bertz CT molecular complexity index is 917. The Balaban J connectivity index is 1.66. The van der Waals surface area contributed by atoms with Crippen molar-refractivity contribution in [2.45, 2.75) is 38.3 Å². The van der Waals surface area contributed by atoms with Gasteiger partial charge in [-0.15, -0.1) is 5.10 Å². The first kappa shape index (κ1) is 16.5. The van der Waals surface area contributed by atoms with Gasteiger partial charge in [-0.3, -0.25) is 4.79 Å². The summed E-state index contributed by atoms with van der Waals surface area (Å²) in [6.45, 7) is 0.531. The van der Waals surface area contributed by atoms with Gasteiger partial charge in [-0.1, -0.05) is 31.0 Å². The second kappa shape index (κ2) is 7.11. The molecule has 1 aliphatic carbocycles. The van der Waals surface area contributed by atoms with Crippen LogP contribution in [0.4, 0.5) is 0 Å². The molecule has 0 radical (unpaired) electrons. The van der Waals surface area contributed by atoms with Gasteiger partial charge in [0.2, 0.25) is 0 Å². The molecule has 2 aromatic heterocycles. The summed E-state index contributed by atoms with van der Waals surface area (Å²) in [6, 6.07) is 11.6. The lowest BCUT2D eigenvalue weighted by molar-refractivity contribution is 0.0663. The number of aromatic nitrogens is 4. The number of ether oxygens (including phenoxy) is 1. The van der Waals surface area contributed by atoms with Gasteiger partial charge in [-0.2, -0.15) is 0 Å². The Morgan fingerprint density at radius 3 is 2.88 bits per heavy atom. The minimum Gasteiger partial charge on any atom is -0.496 e. The summed E-state index contributed by atoms with van der Waals surface area (Å²) in [5.41, 5.74) is 2.19. The van der Waals surface area contributed by atoms with Crippen LogP contribution in [0.15, 0.2) is 42.6 Å². The van der Waals surface area contributed by atoms with Crippen LogP contribution in [0.25, 0.3) is 5.65 Å². The minimum atomic E-state index is 0.00769. The fourth-order valence-corrected chi connectivity index (χ4v) is 3.64. The van der Waals surface area contributed by atoms with Crippen molar-refractivity contribution in [3.8, 4) is 5.75 Å². The Hall–Kier alpha value is -2.96. The smallest absolute Gasteiger partial charge is 0.254 e. The third-order valence-corrected chi connectivity index (χ3v) is 5.00. The molecular weight excluding hydrogens is 330 g/mol. The summed E-state index contributed by atoms with van der Waals surface area (Å²) in [6.07, 6.45) is 6.12. The van der Waals surface area contributed by atoms with E-state index in [-0.39, 0.29) is 11.9 Å². The van der Waals surface area contributed by atoms with E-state index >= 15 is 0 Å². The lowest BCUT2D eigenvalue weighted by atomic mass is 10.1. The minimum absolute atomic E-state index is 0.00769. The molecule has 2 heterocycles. The summed E-state index contributed by atoms with van der Waals surface area (Å²) in [4.78, 5) is 15.3. The number of amides is 1. The number of methoxy groups -OCH3 is 1. The van der Waals surface area contributed by atoms with Crippen LogP contribution in [0, 0.1) is 0 Å². The first-order chi connectivity index (χ1) is 12.8. The van der Waals surface area contributed by atoms with E-state index in [9.17, 15) is 4.79 Å². The topological polar surface area (TPSA) is 72.6 Å². The van der Waals surface area contributed by atoms with E-state index in [1.54, 1.807) is 30.0 Å². The van der Waals surface area contributed by atoms with Gasteiger partial charge in [0.05, 0.1) is 7.11 Å². The molecule has 1 fully saturated rings. The SMILES string of the molecule is COc1ccccc1CN(C(=O)c1ccn2nnnc2c1)C1CCCC1. The van der Waals surface area contributed by atoms with E-state index in [1.807, 2.05) is 29.2 Å². The second-order valence-corrected chi connectivity index (χ2v) is 6.58. The maximum absolute atomic E-state index is 13.3. The van der Waals surface area contributed by atoms with Gasteiger partial charge in [0.1, 0.15) is 5.75 Å². The van der Waals surface area contributed by atoms with Gasteiger partial charge in [-0.25, -0.2) is 4.52 Å². The van der Waals surface area contributed by atoms with Crippen molar-refractivity contribution in [3.63, 3.8) is 0 Å². The largest absolute Gasteiger partial charge is 0.496 e. The zero-order chi connectivity index (χ0) is 17.9. The predicted molar refractivity (Wildman–Crippen MR) is 95.9 cm³/mol. The van der Waals surface area contributed by atoms with Gasteiger partial charge in [0, 0.05) is 29.9 Å². The molecular formula is C19H21N5O2. The third-order valence-electron chi connectivity index (χ3n) is 5.00. The average Bonchev–Trinajstić information content (AvgIpc) is 3.36. The number of rotatable bonds is 5. The normalized spacial score (nSPS) is 14.7. The zero-order valence-electron chi connectivity index (χ0n) is 14.7. The number of nitrogens with zero attached hydrogens (tertiary/aromatic N) is 5. The van der Waals surface area contributed by atoms with Crippen LogP contribution < -0.4 is 4.74 Å². The quantitative estimate of drug-likeness (QED) is 0.707. The van der Waals surface area contributed by atoms with E-state index < -0.39 is 0 Å². The molecule has 3 aromatic rings. The number of para-hydroxylation sites is 1. The molecule has 0 spiro atoms. The molecule has 7 nitrogen and oxygen atoms in total. The van der Waals surface area contributed by atoms with Gasteiger partial charge < -0.3 is 9.64 Å². The number of tetrazole rings is 1. The van der Waals surface area contributed by atoms with E-state index in [0.29, 0.717) is 17.8 Å². The number of hydrogen-bond acceptors (Lipinski definition) is 5. The number of pyridine rings is 1. The van der Waals surface area contributed by atoms with E-state index in [4.69, 9.17) is 4.74 Å². The number of hydrogen-bond donors (Lipinski definition) is 0. The molecule has 0 atom stereocenters. The van der Waals surface area contributed by atoms with E-state index in [0.717, 1.165) is 37.0 Å². The third kappa shape index (κ3) is 3.12. The van der Waals surface area contributed by atoms with Gasteiger partial charge in [0.25, 0.3) is 5.91 Å². The number of carbonyl (C=O) groups is 1. The zero-order valence-corrected chi connectivity index (χ0v) is 14.7. The Labute approximate surface area is 151 Å². The van der Waals surface area contributed by atoms with Crippen LogP contribution in [0.2, 0.25) is 0 Å². The highest BCUT2D eigenvalue weighted by Crippen LogP contribution is 2.29. The maximum atomic E-state index is 13.3. The molecule has 1 saturated carbocycles. The first-order valence-electron chi connectivity index (χ1n) is 8.87. The Kier molecular flexibility index (Phi) is 4.51. The van der Waals surface area contributed by atoms with E-state index in [1.165, 1.54) is 0 Å². The standard InChI is InChI=1S/C19H21N5O2/c1-26-17-9-5-2-6-15(17)13-23(16-7-3-4-8-16)19(25)14-10-11-24-18(12-14)20-21-22-24/h2,5-6,9-12,16H,3-4,7-8,13H2,1H3. The van der Waals surface area contributed by atoms with Crippen LogP contribution in [0.3, 0.4) is 0 Å². The number of benzene rings is 1. The molecule has 26 heavy (non-hydrogen) atoms. The molecule has 0 saturated heterocycles. The molecule has 7 heteroatoms. The van der Waals surface area contributed by atoms with Crippen molar-refractivity contribution in [1.82, 2.24) is 24.9 Å². The molecule has 134 valence electrons. The second-order valence-electron chi connectivity index (χ2n) is 6.58. The number of carbonyl (C=O) groups excluding carboxylic acids is 1. The molecule has 0 unspecified atom stereocenters. The fraction of sp³-hybridized carbons (Fsp3) is 0.368. The molecule has 1 amide bonds. The summed E-state index contributed by atoms with van der Waals surface area (Å²) in [5, 5.41) is 11.4. The maximum Gasteiger partial charge on any atom is 0.254 e. The molecule has 0 aliphatic heterocycles. The summed E-state index contributed by atoms with van der Waals surface area (Å²) in [7, 11) is 1.66. The van der Waals surface area contributed by atoms with Gasteiger partial charge >= 0.3 is 0 Å². The highest BCUT2D eigenvalue weighted by atomic mass is 16.5. The van der Waals surface area contributed by atoms with Crippen molar-refractivity contribution < 1.29 is 9.53 Å². The lowest BCUT2D eigenvalue weighted by Crippen LogP contribution is -2.38. The molecule has 1 aromatic carbocycles. The summed E-state index contributed by atoms with van der Waals surface area (Å²) in [5.74, 6) is 0.814. The summed E-state index contributed by atoms with van der Waals surface area (Å²) < 4.78 is 7.03.